The zero-order valence-electron chi connectivity index (χ0n) is 11.4. The largest absolute Gasteiger partial charge is 0.458 e. The summed E-state index contributed by atoms with van der Waals surface area (Å²) in [4.78, 5) is 0. The Morgan fingerprint density at radius 3 is 2.67 bits per heavy atom. The third-order valence-electron chi connectivity index (χ3n) is 4.36. The zero-order chi connectivity index (χ0) is 15.0. The van der Waals surface area contributed by atoms with Crippen LogP contribution in [0.4, 0.5) is 13.2 Å². The summed E-state index contributed by atoms with van der Waals surface area (Å²) in [5.41, 5.74) is 0.648. The molecule has 0 amide bonds. The lowest BCUT2D eigenvalue weighted by Gasteiger charge is -2.32. The molecule has 3 rings (SSSR count). The molecule has 1 N–H and O–H groups in total. The van der Waals surface area contributed by atoms with Crippen LogP contribution in [0, 0.1) is 11.8 Å². The van der Waals surface area contributed by atoms with Gasteiger partial charge in [0.1, 0.15) is 17.4 Å². The Bertz CT molecular complexity index is 584. The molecule has 1 aliphatic carbocycles. The van der Waals surface area contributed by atoms with Crippen LogP contribution in [0.5, 0.6) is 0 Å². The van der Waals surface area contributed by atoms with Gasteiger partial charge in [-0.05, 0) is 37.3 Å². The highest BCUT2D eigenvalue weighted by Crippen LogP contribution is 2.44. The van der Waals surface area contributed by atoms with Gasteiger partial charge in [-0.2, -0.15) is 13.2 Å². The minimum Gasteiger partial charge on any atom is -0.458 e. The zero-order valence-corrected chi connectivity index (χ0v) is 11.4. The van der Waals surface area contributed by atoms with E-state index < -0.39 is 24.1 Å². The van der Waals surface area contributed by atoms with Crippen molar-refractivity contribution in [2.75, 3.05) is 0 Å². The van der Waals surface area contributed by atoms with Crippen LogP contribution < -0.4 is 0 Å². The van der Waals surface area contributed by atoms with Crippen molar-refractivity contribution in [2.45, 2.75) is 38.0 Å². The second-order valence-electron chi connectivity index (χ2n) is 5.80. The van der Waals surface area contributed by atoms with Gasteiger partial charge in [0.15, 0.2) is 0 Å². The Kier molecular flexibility index (Phi) is 3.69. The van der Waals surface area contributed by atoms with Gasteiger partial charge in [0, 0.05) is 5.39 Å². The van der Waals surface area contributed by atoms with Crippen LogP contribution in [-0.2, 0) is 0 Å². The number of alkyl halides is 3. The summed E-state index contributed by atoms with van der Waals surface area (Å²) in [5, 5.41) is 11.2. The van der Waals surface area contributed by atoms with Crippen molar-refractivity contribution in [3.8, 4) is 0 Å². The molecule has 1 aromatic heterocycles. The molecule has 2 nitrogen and oxygen atoms in total. The smallest absolute Gasteiger partial charge is 0.391 e. The van der Waals surface area contributed by atoms with Gasteiger partial charge in [-0.25, -0.2) is 0 Å². The molecule has 3 unspecified atom stereocenters. The van der Waals surface area contributed by atoms with E-state index in [2.05, 4.69) is 0 Å². The number of para-hydroxylation sites is 1. The minimum atomic E-state index is -4.17. The van der Waals surface area contributed by atoms with Gasteiger partial charge in [0.2, 0.25) is 0 Å². The SMILES string of the molecule is OC(c1cc2ccccc2o1)C1CCCC(C(F)(F)F)C1. The number of aliphatic hydroxyl groups is 1. The highest BCUT2D eigenvalue weighted by atomic mass is 19.4. The lowest BCUT2D eigenvalue weighted by Crippen LogP contribution is -2.30. The second kappa shape index (κ2) is 5.37. The monoisotopic (exact) mass is 298 g/mol. The standard InChI is InChI=1S/C16H17F3O2/c17-16(18,19)12-6-3-5-11(8-12)15(20)14-9-10-4-1-2-7-13(10)21-14/h1-2,4,7,9,11-12,15,20H,3,5-6,8H2. The molecule has 114 valence electrons. The van der Waals surface area contributed by atoms with Crippen LogP contribution in [0.15, 0.2) is 34.7 Å². The van der Waals surface area contributed by atoms with E-state index in [1.807, 2.05) is 18.2 Å². The van der Waals surface area contributed by atoms with Gasteiger partial charge >= 0.3 is 6.18 Å². The molecule has 0 spiro atoms. The van der Waals surface area contributed by atoms with Gasteiger partial charge in [-0.15, -0.1) is 0 Å². The van der Waals surface area contributed by atoms with Crippen LogP contribution in [0.2, 0.25) is 0 Å². The molecule has 0 bridgehead atoms. The number of furan rings is 1. The summed E-state index contributed by atoms with van der Waals surface area (Å²) in [5.74, 6) is -1.34. The number of hydrogen-bond acceptors (Lipinski definition) is 2. The Hall–Kier alpha value is -1.49. The number of halogens is 3. The van der Waals surface area contributed by atoms with Crippen LogP contribution in [0.1, 0.15) is 37.5 Å². The van der Waals surface area contributed by atoms with E-state index in [0.717, 1.165) is 5.39 Å². The molecule has 21 heavy (non-hydrogen) atoms. The van der Waals surface area contributed by atoms with Gasteiger partial charge in [-0.3, -0.25) is 0 Å². The maximum atomic E-state index is 12.8. The Morgan fingerprint density at radius 2 is 1.95 bits per heavy atom. The quantitative estimate of drug-likeness (QED) is 0.861. The Morgan fingerprint density at radius 1 is 1.19 bits per heavy atom. The molecule has 0 radical (unpaired) electrons. The van der Waals surface area contributed by atoms with Crippen molar-refractivity contribution in [3.05, 3.63) is 36.1 Å². The average molecular weight is 298 g/mol. The van der Waals surface area contributed by atoms with Gasteiger partial charge in [0.05, 0.1) is 5.92 Å². The Labute approximate surface area is 120 Å². The summed E-state index contributed by atoms with van der Waals surface area (Å²) in [6.45, 7) is 0. The van der Waals surface area contributed by atoms with E-state index in [9.17, 15) is 18.3 Å². The molecule has 5 heteroatoms. The van der Waals surface area contributed by atoms with E-state index in [1.54, 1.807) is 12.1 Å². The van der Waals surface area contributed by atoms with E-state index in [4.69, 9.17) is 4.42 Å². The fourth-order valence-corrected chi connectivity index (χ4v) is 3.19. The molecule has 1 heterocycles. The van der Waals surface area contributed by atoms with Crippen molar-refractivity contribution < 1.29 is 22.7 Å². The van der Waals surface area contributed by atoms with E-state index in [0.29, 0.717) is 24.2 Å². The lowest BCUT2D eigenvalue weighted by molar-refractivity contribution is -0.189. The van der Waals surface area contributed by atoms with Gasteiger partial charge < -0.3 is 9.52 Å². The maximum absolute atomic E-state index is 12.8. The van der Waals surface area contributed by atoms with Gasteiger partial charge in [-0.1, -0.05) is 24.6 Å². The molecular formula is C16H17F3O2. The van der Waals surface area contributed by atoms with E-state index >= 15 is 0 Å². The first-order valence-corrected chi connectivity index (χ1v) is 7.18. The molecule has 0 saturated heterocycles. The van der Waals surface area contributed by atoms with Crippen molar-refractivity contribution >= 4 is 11.0 Å². The molecule has 1 aromatic carbocycles. The highest BCUT2D eigenvalue weighted by molar-refractivity contribution is 5.77. The Balaban J connectivity index is 1.79. The van der Waals surface area contributed by atoms with Crippen LogP contribution in [0.3, 0.4) is 0 Å². The summed E-state index contributed by atoms with van der Waals surface area (Å²) in [6, 6.07) is 9.03. The van der Waals surface area contributed by atoms with E-state index in [1.165, 1.54) is 0 Å². The fraction of sp³-hybridized carbons (Fsp3) is 0.500. The van der Waals surface area contributed by atoms with Crippen molar-refractivity contribution in [1.29, 1.82) is 0 Å². The maximum Gasteiger partial charge on any atom is 0.391 e. The normalized spacial score (nSPS) is 25.1. The summed E-state index contributed by atoms with van der Waals surface area (Å²) >= 11 is 0. The fourth-order valence-electron chi connectivity index (χ4n) is 3.19. The number of hydrogen-bond donors (Lipinski definition) is 1. The van der Waals surface area contributed by atoms with Crippen molar-refractivity contribution in [1.82, 2.24) is 0 Å². The van der Waals surface area contributed by atoms with Crippen LogP contribution in [-0.4, -0.2) is 11.3 Å². The number of aliphatic hydroxyl groups excluding tert-OH is 1. The molecule has 3 atom stereocenters. The number of rotatable bonds is 2. The average Bonchev–Trinajstić information content (AvgIpc) is 2.89. The molecule has 1 saturated carbocycles. The molecule has 2 aromatic rings. The summed E-state index contributed by atoms with van der Waals surface area (Å²) in [6.07, 6.45) is -3.92. The van der Waals surface area contributed by atoms with Gasteiger partial charge in [0.25, 0.3) is 0 Å². The van der Waals surface area contributed by atoms with Crippen molar-refractivity contribution in [2.24, 2.45) is 11.8 Å². The predicted octanol–water partition coefficient (Wildman–Crippen LogP) is 4.83. The van der Waals surface area contributed by atoms with Crippen LogP contribution >= 0.6 is 0 Å². The first kappa shape index (κ1) is 14.4. The molecular weight excluding hydrogens is 281 g/mol. The molecule has 1 aliphatic rings. The third kappa shape index (κ3) is 2.93. The molecule has 1 fully saturated rings. The van der Waals surface area contributed by atoms with E-state index in [-0.39, 0.29) is 12.8 Å². The minimum absolute atomic E-state index is 0.0261. The summed E-state index contributed by atoms with van der Waals surface area (Å²) < 4.78 is 44.1. The molecule has 0 aliphatic heterocycles. The topological polar surface area (TPSA) is 33.4 Å². The number of benzene rings is 1. The first-order chi connectivity index (χ1) is 9.95. The lowest BCUT2D eigenvalue weighted by atomic mass is 9.78. The predicted molar refractivity (Wildman–Crippen MR) is 72.7 cm³/mol. The summed E-state index contributed by atoms with van der Waals surface area (Å²) in [7, 11) is 0. The number of fused-ring (bicyclic) bond motifs is 1. The third-order valence-corrected chi connectivity index (χ3v) is 4.36. The highest BCUT2D eigenvalue weighted by Gasteiger charge is 2.43. The van der Waals surface area contributed by atoms with Crippen molar-refractivity contribution in [3.63, 3.8) is 0 Å². The first-order valence-electron chi connectivity index (χ1n) is 7.18. The second-order valence-corrected chi connectivity index (χ2v) is 5.80. The van der Waals surface area contributed by atoms with Crippen LogP contribution in [0.25, 0.3) is 11.0 Å².